The quantitative estimate of drug-likeness (QED) is 0.704. The van der Waals surface area contributed by atoms with Crippen molar-refractivity contribution >= 4 is 18.5 Å². The number of hydrogen-bond acceptors (Lipinski definition) is 3. The van der Waals surface area contributed by atoms with Gasteiger partial charge in [0.25, 0.3) is 0 Å². The van der Waals surface area contributed by atoms with Gasteiger partial charge in [-0.1, -0.05) is 12.2 Å². The van der Waals surface area contributed by atoms with Gasteiger partial charge >= 0.3 is 0 Å². The van der Waals surface area contributed by atoms with E-state index in [1.165, 1.54) is 7.11 Å². The van der Waals surface area contributed by atoms with Gasteiger partial charge in [0, 0.05) is 11.6 Å². The predicted octanol–water partition coefficient (Wildman–Crippen LogP) is 2.93. The van der Waals surface area contributed by atoms with Crippen LogP contribution in [0.1, 0.15) is 18.1 Å². The van der Waals surface area contributed by atoms with Crippen LogP contribution in [0.3, 0.4) is 0 Å². The third kappa shape index (κ3) is 2.23. The SMILES string of the molecule is C=Nc1cc(OC)c(C#N)cc1/C=C\C. The summed E-state index contributed by atoms with van der Waals surface area (Å²) in [5.41, 5.74) is 2.08. The van der Waals surface area contributed by atoms with Crippen LogP contribution in [0.2, 0.25) is 0 Å². The minimum atomic E-state index is 0.498. The first-order chi connectivity index (χ1) is 7.26. The lowest BCUT2D eigenvalue weighted by molar-refractivity contribution is 0.413. The van der Waals surface area contributed by atoms with Gasteiger partial charge in [0.15, 0.2) is 0 Å². The molecular weight excluding hydrogens is 188 g/mol. The van der Waals surface area contributed by atoms with Crippen LogP contribution in [0.25, 0.3) is 6.08 Å². The largest absolute Gasteiger partial charge is 0.495 e. The fourth-order valence-corrected chi connectivity index (χ4v) is 1.29. The van der Waals surface area contributed by atoms with Crippen LogP contribution in [0.5, 0.6) is 5.75 Å². The van der Waals surface area contributed by atoms with Crippen molar-refractivity contribution in [2.45, 2.75) is 6.92 Å². The molecule has 15 heavy (non-hydrogen) atoms. The van der Waals surface area contributed by atoms with Crippen LogP contribution < -0.4 is 4.74 Å². The number of nitriles is 1. The number of allylic oxidation sites excluding steroid dienone is 1. The molecule has 0 aromatic heterocycles. The summed E-state index contributed by atoms with van der Waals surface area (Å²) >= 11 is 0. The maximum Gasteiger partial charge on any atom is 0.138 e. The zero-order chi connectivity index (χ0) is 11.3. The van der Waals surface area contributed by atoms with E-state index in [0.717, 1.165) is 5.56 Å². The van der Waals surface area contributed by atoms with Crippen molar-refractivity contribution in [3.05, 3.63) is 29.3 Å². The zero-order valence-corrected chi connectivity index (χ0v) is 8.82. The Bertz CT molecular complexity index is 442. The van der Waals surface area contributed by atoms with Crippen LogP contribution >= 0.6 is 0 Å². The topological polar surface area (TPSA) is 45.4 Å². The zero-order valence-electron chi connectivity index (χ0n) is 8.82. The molecular formula is C12H12N2O. The molecule has 0 atom stereocenters. The number of aliphatic imine (C=N–C) groups is 1. The molecule has 0 spiro atoms. The van der Waals surface area contributed by atoms with Crippen molar-refractivity contribution in [1.82, 2.24) is 0 Å². The van der Waals surface area contributed by atoms with E-state index in [9.17, 15) is 0 Å². The van der Waals surface area contributed by atoms with Gasteiger partial charge in [-0.05, 0) is 19.7 Å². The molecule has 76 valence electrons. The first-order valence-electron chi connectivity index (χ1n) is 4.48. The van der Waals surface area contributed by atoms with Crippen molar-refractivity contribution in [1.29, 1.82) is 5.26 Å². The third-order valence-electron chi connectivity index (χ3n) is 1.99. The molecule has 0 heterocycles. The van der Waals surface area contributed by atoms with E-state index in [-0.39, 0.29) is 0 Å². The maximum atomic E-state index is 8.91. The van der Waals surface area contributed by atoms with E-state index in [1.54, 1.807) is 12.1 Å². The molecule has 0 saturated heterocycles. The summed E-state index contributed by atoms with van der Waals surface area (Å²) < 4.78 is 5.08. The van der Waals surface area contributed by atoms with Crippen molar-refractivity contribution in [3.8, 4) is 11.8 Å². The van der Waals surface area contributed by atoms with Crippen LogP contribution in [0.4, 0.5) is 5.69 Å². The first-order valence-corrected chi connectivity index (χ1v) is 4.48. The lowest BCUT2D eigenvalue weighted by Crippen LogP contribution is -1.89. The van der Waals surface area contributed by atoms with Gasteiger partial charge in [-0.3, -0.25) is 4.99 Å². The smallest absolute Gasteiger partial charge is 0.138 e. The summed E-state index contributed by atoms with van der Waals surface area (Å²) in [6.45, 7) is 5.39. The number of methoxy groups -OCH3 is 1. The van der Waals surface area contributed by atoms with E-state index in [1.807, 2.05) is 19.1 Å². The molecule has 1 rings (SSSR count). The van der Waals surface area contributed by atoms with Crippen molar-refractivity contribution in [2.75, 3.05) is 7.11 Å². The molecule has 0 bridgehead atoms. The lowest BCUT2D eigenvalue weighted by atomic mass is 10.1. The molecule has 1 aromatic rings. The summed E-state index contributed by atoms with van der Waals surface area (Å²) in [7, 11) is 1.53. The summed E-state index contributed by atoms with van der Waals surface area (Å²) in [4.78, 5) is 3.88. The maximum absolute atomic E-state index is 8.91. The first kappa shape index (κ1) is 11.0. The number of benzene rings is 1. The number of rotatable bonds is 3. The Morgan fingerprint density at radius 1 is 1.53 bits per heavy atom. The van der Waals surface area contributed by atoms with E-state index in [0.29, 0.717) is 17.0 Å². The molecule has 0 amide bonds. The molecule has 0 radical (unpaired) electrons. The summed E-state index contributed by atoms with van der Waals surface area (Å²) in [5.74, 6) is 0.521. The minimum absolute atomic E-state index is 0.498. The highest BCUT2D eigenvalue weighted by atomic mass is 16.5. The lowest BCUT2D eigenvalue weighted by Gasteiger charge is -2.06. The summed E-state index contributed by atoms with van der Waals surface area (Å²) in [5, 5.41) is 8.91. The molecule has 3 nitrogen and oxygen atoms in total. The van der Waals surface area contributed by atoms with Crippen molar-refractivity contribution in [3.63, 3.8) is 0 Å². The van der Waals surface area contributed by atoms with Crippen molar-refractivity contribution in [2.24, 2.45) is 4.99 Å². The molecule has 0 aliphatic rings. The van der Waals surface area contributed by atoms with Gasteiger partial charge in [-0.15, -0.1) is 0 Å². The van der Waals surface area contributed by atoms with Gasteiger partial charge in [0.2, 0.25) is 0 Å². The van der Waals surface area contributed by atoms with Gasteiger partial charge in [-0.2, -0.15) is 5.26 Å². The minimum Gasteiger partial charge on any atom is -0.495 e. The average Bonchev–Trinajstić information content (AvgIpc) is 2.28. The van der Waals surface area contributed by atoms with Crippen LogP contribution in [0, 0.1) is 11.3 Å². The summed E-state index contributed by atoms with van der Waals surface area (Å²) in [6.07, 6.45) is 3.77. The van der Waals surface area contributed by atoms with Crippen LogP contribution in [-0.4, -0.2) is 13.8 Å². The standard InChI is InChI=1S/C12H12N2O/c1-4-5-9-6-10(8-13)12(15-3)7-11(9)14-2/h4-7H,2H2,1,3H3/b5-4-. The van der Waals surface area contributed by atoms with Crippen molar-refractivity contribution < 1.29 is 4.74 Å². The van der Waals surface area contributed by atoms with Crippen LogP contribution in [0.15, 0.2) is 23.2 Å². The van der Waals surface area contributed by atoms with E-state index >= 15 is 0 Å². The Kier molecular flexibility index (Phi) is 3.64. The molecule has 0 aliphatic carbocycles. The molecule has 0 unspecified atom stereocenters. The van der Waals surface area contributed by atoms with Gasteiger partial charge in [0.1, 0.15) is 11.8 Å². The molecule has 3 heteroatoms. The Hall–Kier alpha value is -2.08. The average molecular weight is 200 g/mol. The van der Waals surface area contributed by atoms with Crippen LogP contribution in [-0.2, 0) is 0 Å². The molecule has 0 N–H and O–H groups in total. The van der Waals surface area contributed by atoms with E-state index in [4.69, 9.17) is 10.00 Å². The Labute approximate surface area is 89.3 Å². The number of hydrogen-bond donors (Lipinski definition) is 0. The Morgan fingerprint density at radius 2 is 2.27 bits per heavy atom. The molecule has 0 aliphatic heterocycles. The summed E-state index contributed by atoms with van der Waals surface area (Å²) in [6, 6.07) is 5.52. The second kappa shape index (κ2) is 4.97. The molecule has 0 fully saturated rings. The second-order valence-electron chi connectivity index (χ2n) is 2.88. The Morgan fingerprint density at radius 3 is 2.73 bits per heavy atom. The fraction of sp³-hybridized carbons (Fsp3) is 0.167. The molecule has 0 saturated carbocycles. The predicted molar refractivity (Wildman–Crippen MR) is 61.6 cm³/mol. The number of nitrogens with zero attached hydrogens (tertiary/aromatic N) is 2. The van der Waals surface area contributed by atoms with E-state index < -0.39 is 0 Å². The van der Waals surface area contributed by atoms with Gasteiger partial charge < -0.3 is 4.74 Å². The highest BCUT2D eigenvalue weighted by molar-refractivity contribution is 5.70. The Balaban J connectivity index is 3.42. The highest BCUT2D eigenvalue weighted by Gasteiger charge is 2.07. The van der Waals surface area contributed by atoms with E-state index in [2.05, 4.69) is 17.8 Å². The third-order valence-corrected chi connectivity index (χ3v) is 1.99. The normalized spacial score (nSPS) is 9.93. The molecule has 1 aromatic carbocycles. The highest BCUT2D eigenvalue weighted by Crippen LogP contribution is 2.29. The fourth-order valence-electron chi connectivity index (χ4n) is 1.29. The van der Waals surface area contributed by atoms with Gasteiger partial charge in [0.05, 0.1) is 18.4 Å². The second-order valence-corrected chi connectivity index (χ2v) is 2.88. The monoisotopic (exact) mass is 200 g/mol. The van der Waals surface area contributed by atoms with Gasteiger partial charge in [-0.25, -0.2) is 0 Å². The number of ether oxygens (including phenoxy) is 1.